The number of fused-ring (bicyclic) bond motifs is 1. The van der Waals surface area contributed by atoms with Crippen LogP contribution in [0, 0.1) is 0 Å². The van der Waals surface area contributed by atoms with Gasteiger partial charge in [-0.3, -0.25) is 0 Å². The van der Waals surface area contributed by atoms with E-state index in [1.54, 1.807) is 0 Å². The summed E-state index contributed by atoms with van der Waals surface area (Å²) < 4.78 is 35.1. The summed E-state index contributed by atoms with van der Waals surface area (Å²) in [6.45, 7) is 4.35. The van der Waals surface area contributed by atoms with Gasteiger partial charge in [0, 0.05) is 11.5 Å². The molecule has 0 spiro atoms. The molecule has 0 amide bonds. The zero-order chi connectivity index (χ0) is 18.1. The van der Waals surface area contributed by atoms with Crippen molar-refractivity contribution in [2.24, 2.45) is 5.14 Å². The first kappa shape index (κ1) is 17.8. The molecule has 134 valence electrons. The molecule has 0 fully saturated rings. The van der Waals surface area contributed by atoms with Crippen LogP contribution in [-0.2, 0) is 16.6 Å². The first-order chi connectivity index (χ1) is 11.7. The Morgan fingerprint density at radius 1 is 1.20 bits per heavy atom. The Balaban J connectivity index is 1.84. The molecule has 1 aliphatic heterocycles. The van der Waals surface area contributed by atoms with Crippen LogP contribution < -0.4 is 14.6 Å². The maximum absolute atomic E-state index is 11.6. The van der Waals surface area contributed by atoms with E-state index in [1.165, 1.54) is 0 Å². The summed E-state index contributed by atoms with van der Waals surface area (Å²) in [6.07, 6.45) is 0.582. The molecule has 0 radical (unpaired) electrons. The number of hydrogen-bond donors (Lipinski definition) is 1. The number of primary sulfonamides is 1. The number of benzene rings is 2. The molecule has 2 N–H and O–H groups in total. The van der Waals surface area contributed by atoms with E-state index in [0.29, 0.717) is 24.5 Å². The van der Waals surface area contributed by atoms with E-state index in [4.69, 9.17) is 14.6 Å². The van der Waals surface area contributed by atoms with E-state index >= 15 is 0 Å². The normalized spacial score (nSPS) is 18.9. The van der Waals surface area contributed by atoms with Gasteiger partial charge in [0.05, 0.1) is 5.75 Å². The maximum Gasteiger partial charge on any atom is 0.209 e. The molecule has 0 saturated carbocycles. The monoisotopic (exact) mass is 361 g/mol. The van der Waals surface area contributed by atoms with Crippen molar-refractivity contribution in [1.82, 2.24) is 0 Å². The van der Waals surface area contributed by atoms with E-state index in [-0.39, 0.29) is 11.7 Å². The molecule has 6 heteroatoms. The van der Waals surface area contributed by atoms with Crippen LogP contribution in [0.1, 0.15) is 37.3 Å². The molecule has 0 aliphatic carbocycles. The topological polar surface area (TPSA) is 78.6 Å². The molecule has 0 aromatic heterocycles. The fraction of sp³-hybridized carbons (Fsp3) is 0.368. The minimum atomic E-state index is -3.58. The smallest absolute Gasteiger partial charge is 0.209 e. The maximum atomic E-state index is 11.6. The molecule has 3 rings (SSSR count). The molecule has 5 nitrogen and oxygen atoms in total. The molecule has 1 unspecified atom stereocenters. The highest BCUT2D eigenvalue weighted by Crippen LogP contribution is 2.42. The molecule has 2 aromatic carbocycles. The van der Waals surface area contributed by atoms with Gasteiger partial charge in [0.2, 0.25) is 10.0 Å². The lowest BCUT2D eigenvalue weighted by Gasteiger charge is -2.37. The Morgan fingerprint density at radius 3 is 2.60 bits per heavy atom. The van der Waals surface area contributed by atoms with Gasteiger partial charge in [-0.15, -0.1) is 0 Å². The summed E-state index contributed by atoms with van der Waals surface area (Å²) in [6, 6.07) is 15.4. The van der Waals surface area contributed by atoms with Crippen LogP contribution in [0.4, 0.5) is 0 Å². The summed E-state index contributed by atoms with van der Waals surface area (Å²) in [4.78, 5) is 0. The third-order valence-electron chi connectivity index (χ3n) is 4.23. The van der Waals surface area contributed by atoms with E-state index in [2.05, 4.69) is 0 Å². The van der Waals surface area contributed by atoms with Gasteiger partial charge in [-0.05, 0) is 44.0 Å². The predicted molar refractivity (Wildman–Crippen MR) is 97.3 cm³/mol. The van der Waals surface area contributed by atoms with E-state index < -0.39 is 15.6 Å². The third kappa shape index (κ3) is 4.74. The second-order valence-corrected chi connectivity index (χ2v) is 8.73. The summed E-state index contributed by atoms with van der Waals surface area (Å²) in [5.41, 5.74) is 1.46. The quantitative estimate of drug-likeness (QED) is 0.887. The molecule has 1 aliphatic rings. The Morgan fingerprint density at radius 2 is 1.92 bits per heavy atom. The molecule has 0 bridgehead atoms. The van der Waals surface area contributed by atoms with Crippen LogP contribution >= 0.6 is 0 Å². The summed E-state index contributed by atoms with van der Waals surface area (Å²) >= 11 is 0. The summed E-state index contributed by atoms with van der Waals surface area (Å²) in [7, 11) is -3.58. The zero-order valence-electron chi connectivity index (χ0n) is 14.4. The molecular weight excluding hydrogens is 338 g/mol. The van der Waals surface area contributed by atoms with Gasteiger partial charge >= 0.3 is 0 Å². The average Bonchev–Trinajstić information content (AvgIpc) is 2.52. The van der Waals surface area contributed by atoms with Crippen LogP contribution in [0.3, 0.4) is 0 Å². The number of nitrogens with two attached hydrogens (primary N) is 1. The fourth-order valence-electron chi connectivity index (χ4n) is 3.24. The van der Waals surface area contributed by atoms with Gasteiger partial charge in [0.1, 0.15) is 23.7 Å². The van der Waals surface area contributed by atoms with Gasteiger partial charge in [-0.2, -0.15) is 0 Å². The van der Waals surface area contributed by atoms with Crippen molar-refractivity contribution in [2.45, 2.75) is 38.4 Å². The van der Waals surface area contributed by atoms with Crippen LogP contribution in [0.2, 0.25) is 0 Å². The van der Waals surface area contributed by atoms with Crippen molar-refractivity contribution in [3.05, 3.63) is 59.7 Å². The first-order valence-corrected chi connectivity index (χ1v) is 9.94. The SMILES string of the molecule is CC1(C)CC(CS(N)(=O)=O)c2cc(OCc3ccccc3)ccc2O1. The standard InChI is InChI=1S/C19H23NO4S/c1-19(2)11-15(13-25(20,21)22)17-10-16(8-9-18(17)24-19)23-12-14-6-4-3-5-7-14/h3-10,15H,11-13H2,1-2H3,(H2,20,21,22). The van der Waals surface area contributed by atoms with Gasteiger partial charge in [-0.1, -0.05) is 30.3 Å². The predicted octanol–water partition coefficient (Wildman–Crippen LogP) is 3.20. The largest absolute Gasteiger partial charge is 0.489 e. The van der Waals surface area contributed by atoms with Crippen LogP contribution in [-0.4, -0.2) is 19.8 Å². The van der Waals surface area contributed by atoms with Gasteiger partial charge in [-0.25, -0.2) is 13.6 Å². The van der Waals surface area contributed by atoms with Gasteiger partial charge < -0.3 is 9.47 Å². The van der Waals surface area contributed by atoms with Crippen molar-refractivity contribution in [3.8, 4) is 11.5 Å². The van der Waals surface area contributed by atoms with E-state index in [9.17, 15) is 8.42 Å². The van der Waals surface area contributed by atoms with Gasteiger partial charge in [0.15, 0.2) is 0 Å². The number of ether oxygens (including phenoxy) is 2. The fourth-order valence-corrected chi connectivity index (χ4v) is 4.10. The zero-order valence-corrected chi connectivity index (χ0v) is 15.3. The summed E-state index contributed by atoms with van der Waals surface area (Å²) in [5.74, 6) is 1.06. The number of hydrogen-bond acceptors (Lipinski definition) is 4. The Labute approximate surface area is 148 Å². The third-order valence-corrected chi connectivity index (χ3v) is 5.09. The van der Waals surface area contributed by atoms with Crippen LogP contribution in [0.15, 0.2) is 48.5 Å². The van der Waals surface area contributed by atoms with Gasteiger partial charge in [0.25, 0.3) is 0 Å². The molecule has 25 heavy (non-hydrogen) atoms. The second kappa shape index (κ2) is 6.69. The van der Waals surface area contributed by atoms with E-state index in [1.807, 2.05) is 62.4 Å². The highest BCUT2D eigenvalue weighted by atomic mass is 32.2. The first-order valence-electron chi connectivity index (χ1n) is 8.22. The van der Waals surface area contributed by atoms with Crippen molar-refractivity contribution in [2.75, 3.05) is 5.75 Å². The van der Waals surface area contributed by atoms with Crippen LogP contribution in [0.25, 0.3) is 0 Å². The molecular formula is C19H23NO4S. The minimum Gasteiger partial charge on any atom is -0.489 e. The lowest BCUT2D eigenvalue weighted by atomic mass is 9.85. The molecule has 1 heterocycles. The van der Waals surface area contributed by atoms with Crippen molar-refractivity contribution in [3.63, 3.8) is 0 Å². The summed E-state index contributed by atoms with van der Waals surface area (Å²) in [5, 5.41) is 5.28. The average molecular weight is 361 g/mol. The Kier molecular flexibility index (Phi) is 4.75. The number of rotatable bonds is 5. The molecule has 1 atom stereocenters. The number of sulfonamides is 1. The van der Waals surface area contributed by atoms with E-state index in [0.717, 1.165) is 11.1 Å². The Hall–Kier alpha value is -2.05. The molecule has 2 aromatic rings. The van der Waals surface area contributed by atoms with Crippen molar-refractivity contribution in [1.29, 1.82) is 0 Å². The highest BCUT2D eigenvalue weighted by Gasteiger charge is 2.35. The van der Waals surface area contributed by atoms with Crippen LogP contribution in [0.5, 0.6) is 11.5 Å². The Bertz CT molecular complexity index is 847. The molecule has 0 saturated heterocycles. The minimum absolute atomic E-state index is 0.102. The lowest BCUT2D eigenvalue weighted by Crippen LogP contribution is -2.37. The highest BCUT2D eigenvalue weighted by molar-refractivity contribution is 7.89. The van der Waals surface area contributed by atoms with Crippen molar-refractivity contribution < 1.29 is 17.9 Å². The lowest BCUT2D eigenvalue weighted by molar-refractivity contribution is 0.0748. The van der Waals surface area contributed by atoms with Crippen molar-refractivity contribution >= 4 is 10.0 Å². The second-order valence-electron chi connectivity index (χ2n) is 7.07.